The molecule has 1 aliphatic heterocycles. The van der Waals surface area contributed by atoms with Crippen molar-refractivity contribution in [2.75, 3.05) is 13.6 Å². The number of carbonyl (C=O) groups excluding carboxylic acids is 1. The number of rotatable bonds is 0. The SMILES string of the molecule is CN1CCC[C@@H](C#N)C1=O. The van der Waals surface area contributed by atoms with Gasteiger partial charge in [-0.05, 0) is 12.8 Å². The molecule has 3 heteroatoms. The maximum Gasteiger partial charge on any atom is 0.239 e. The number of hydrogen-bond donors (Lipinski definition) is 0. The average molecular weight is 138 g/mol. The largest absolute Gasteiger partial charge is 0.345 e. The fraction of sp³-hybridized carbons (Fsp3) is 0.714. The maximum atomic E-state index is 11.1. The summed E-state index contributed by atoms with van der Waals surface area (Å²) in [6, 6.07) is 1.99. The molecule has 54 valence electrons. The van der Waals surface area contributed by atoms with Gasteiger partial charge in [-0.1, -0.05) is 0 Å². The Labute approximate surface area is 60.2 Å². The normalized spacial score (nSPS) is 26.2. The lowest BCUT2D eigenvalue weighted by Crippen LogP contribution is -2.37. The van der Waals surface area contributed by atoms with Crippen LogP contribution in [0.5, 0.6) is 0 Å². The van der Waals surface area contributed by atoms with Gasteiger partial charge in [0.15, 0.2) is 0 Å². The van der Waals surface area contributed by atoms with Crippen LogP contribution in [0.1, 0.15) is 12.8 Å². The van der Waals surface area contributed by atoms with Crippen LogP contribution < -0.4 is 0 Å². The minimum atomic E-state index is -0.376. The molecule has 1 fully saturated rings. The Morgan fingerprint density at radius 2 is 2.50 bits per heavy atom. The van der Waals surface area contributed by atoms with Gasteiger partial charge in [-0.15, -0.1) is 0 Å². The van der Waals surface area contributed by atoms with Crippen molar-refractivity contribution in [3.05, 3.63) is 0 Å². The first-order valence-electron chi connectivity index (χ1n) is 3.40. The summed E-state index contributed by atoms with van der Waals surface area (Å²) in [4.78, 5) is 12.7. The van der Waals surface area contributed by atoms with Gasteiger partial charge >= 0.3 is 0 Å². The standard InChI is InChI=1S/C7H10N2O/c1-9-4-2-3-6(5-8)7(9)10/h6H,2-4H2,1H3/t6-/m0/s1. The van der Waals surface area contributed by atoms with Crippen LogP contribution in [0.4, 0.5) is 0 Å². The molecule has 0 spiro atoms. The molecule has 1 amide bonds. The van der Waals surface area contributed by atoms with E-state index in [1.165, 1.54) is 0 Å². The zero-order chi connectivity index (χ0) is 7.56. The quantitative estimate of drug-likeness (QED) is 0.485. The van der Waals surface area contributed by atoms with Crippen LogP contribution in [0.15, 0.2) is 0 Å². The molecule has 1 heterocycles. The van der Waals surface area contributed by atoms with Crippen molar-refractivity contribution in [3.63, 3.8) is 0 Å². The Balaban J connectivity index is 2.62. The zero-order valence-electron chi connectivity index (χ0n) is 6.00. The summed E-state index contributed by atoms with van der Waals surface area (Å²) in [5.74, 6) is -0.396. The lowest BCUT2D eigenvalue weighted by atomic mass is 9.99. The molecular weight excluding hydrogens is 128 g/mol. The van der Waals surface area contributed by atoms with E-state index in [1.807, 2.05) is 6.07 Å². The Morgan fingerprint density at radius 3 is 3.00 bits per heavy atom. The number of carbonyl (C=O) groups is 1. The second-order valence-electron chi connectivity index (χ2n) is 2.58. The van der Waals surface area contributed by atoms with Crippen molar-refractivity contribution in [1.82, 2.24) is 4.90 Å². The fourth-order valence-electron chi connectivity index (χ4n) is 1.15. The van der Waals surface area contributed by atoms with Gasteiger partial charge in [0.05, 0.1) is 6.07 Å². The van der Waals surface area contributed by atoms with Gasteiger partial charge in [-0.25, -0.2) is 0 Å². The Hall–Kier alpha value is -1.04. The van der Waals surface area contributed by atoms with Crippen LogP contribution >= 0.6 is 0 Å². The molecule has 10 heavy (non-hydrogen) atoms. The van der Waals surface area contributed by atoms with Crippen molar-refractivity contribution in [1.29, 1.82) is 5.26 Å². The molecule has 0 unspecified atom stereocenters. The van der Waals surface area contributed by atoms with Crippen molar-refractivity contribution >= 4 is 5.91 Å². The van der Waals surface area contributed by atoms with Crippen molar-refractivity contribution in [2.45, 2.75) is 12.8 Å². The molecule has 0 radical (unpaired) electrons. The van der Waals surface area contributed by atoms with E-state index in [0.29, 0.717) is 0 Å². The van der Waals surface area contributed by atoms with E-state index >= 15 is 0 Å². The van der Waals surface area contributed by atoms with E-state index in [2.05, 4.69) is 0 Å². The van der Waals surface area contributed by atoms with Gasteiger partial charge in [0.1, 0.15) is 5.92 Å². The topological polar surface area (TPSA) is 44.1 Å². The van der Waals surface area contributed by atoms with E-state index in [9.17, 15) is 4.79 Å². The van der Waals surface area contributed by atoms with Crippen LogP contribution in [-0.2, 0) is 4.79 Å². The molecule has 3 nitrogen and oxygen atoms in total. The Morgan fingerprint density at radius 1 is 1.80 bits per heavy atom. The van der Waals surface area contributed by atoms with Gasteiger partial charge in [-0.2, -0.15) is 5.26 Å². The molecule has 0 saturated carbocycles. The van der Waals surface area contributed by atoms with Crippen LogP contribution in [-0.4, -0.2) is 24.4 Å². The summed E-state index contributed by atoms with van der Waals surface area (Å²) >= 11 is 0. The smallest absolute Gasteiger partial charge is 0.239 e. The molecule has 0 aromatic heterocycles. The third kappa shape index (κ3) is 1.10. The molecular formula is C7H10N2O. The Bertz CT molecular complexity index is 183. The highest BCUT2D eigenvalue weighted by Crippen LogP contribution is 2.14. The lowest BCUT2D eigenvalue weighted by Gasteiger charge is -2.24. The monoisotopic (exact) mass is 138 g/mol. The molecule has 1 saturated heterocycles. The number of nitriles is 1. The maximum absolute atomic E-state index is 11.1. The van der Waals surface area contributed by atoms with Crippen LogP contribution in [0, 0.1) is 17.2 Å². The van der Waals surface area contributed by atoms with Gasteiger partial charge in [0.2, 0.25) is 5.91 Å². The summed E-state index contributed by atoms with van der Waals surface area (Å²) in [5, 5.41) is 8.48. The fourth-order valence-corrected chi connectivity index (χ4v) is 1.15. The van der Waals surface area contributed by atoms with E-state index in [-0.39, 0.29) is 11.8 Å². The number of hydrogen-bond acceptors (Lipinski definition) is 2. The van der Waals surface area contributed by atoms with Crippen molar-refractivity contribution in [3.8, 4) is 6.07 Å². The second-order valence-corrected chi connectivity index (χ2v) is 2.58. The molecule has 0 bridgehead atoms. The average Bonchev–Trinajstić information content (AvgIpc) is 1.95. The molecule has 1 rings (SSSR count). The number of nitrogens with zero attached hydrogens (tertiary/aromatic N) is 2. The van der Waals surface area contributed by atoms with E-state index in [0.717, 1.165) is 19.4 Å². The highest BCUT2D eigenvalue weighted by molar-refractivity contribution is 5.81. The van der Waals surface area contributed by atoms with E-state index < -0.39 is 0 Å². The third-order valence-corrected chi connectivity index (χ3v) is 1.82. The Kier molecular flexibility index (Phi) is 1.91. The van der Waals surface area contributed by atoms with Crippen molar-refractivity contribution in [2.24, 2.45) is 5.92 Å². The minimum Gasteiger partial charge on any atom is -0.345 e. The summed E-state index contributed by atoms with van der Waals surface area (Å²) in [7, 11) is 1.74. The number of likely N-dealkylation sites (tertiary alicyclic amines) is 1. The van der Waals surface area contributed by atoms with Gasteiger partial charge in [0.25, 0.3) is 0 Å². The number of piperidine rings is 1. The first-order chi connectivity index (χ1) is 4.75. The molecule has 0 aromatic carbocycles. The third-order valence-electron chi connectivity index (χ3n) is 1.82. The molecule has 1 atom stereocenters. The van der Waals surface area contributed by atoms with Gasteiger partial charge < -0.3 is 4.90 Å². The summed E-state index contributed by atoms with van der Waals surface area (Å²) in [6.45, 7) is 0.803. The predicted octanol–water partition coefficient (Wildman–Crippen LogP) is 0.378. The van der Waals surface area contributed by atoms with Gasteiger partial charge in [-0.3, -0.25) is 4.79 Å². The molecule has 0 aliphatic carbocycles. The number of amides is 1. The second kappa shape index (κ2) is 2.70. The molecule has 0 N–H and O–H groups in total. The minimum absolute atomic E-state index is 0.0197. The highest BCUT2D eigenvalue weighted by atomic mass is 16.2. The molecule has 1 aliphatic rings. The van der Waals surface area contributed by atoms with Gasteiger partial charge in [0, 0.05) is 13.6 Å². The van der Waals surface area contributed by atoms with Crippen LogP contribution in [0.3, 0.4) is 0 Å². The summed E-state index contributed by atoms with van der Waals surface area (Å²) < 4.78 is 0. The first kappa shape index (κ1) is 7.07. The van der Waals surface area contributed by atoms with Crippen LogP contribution in [0.2, 0.25) is 0 Å². The molecule has 0 aromatic rings. The zero-order valence-corrected chi connectivity index (χ0v) is 6.00. The lowest BCUT2D eigenvalue weighted by molar-refractivity contribution is -0.134. The van der Waals surface area contributed by atoms with E-state index in [4.69, 9.17) is 5.26 Å². The summed E-state index contributed by atoms with van der Waals surface area (Å²) in [6.07, 6.45) is 1.69. The van der Waals surface area contributed by atoms with Crippen molar-refractivity contribution < 1.29 is 4.79 Å². The van der Waals surface area contributed by atoms with Crippen LogP contribution in [0.25, 0.3) is 0 Å². The summed E-state index contributed by atoms with van der Waals surface area (Å²) in [5.41, 5.74) is 0. The van der Waals surface area contributed by atoms with E-state index in [1.54, 1.807) is 11.9 Å². The predicted molar refractivity (Wildman–Crippen MR) is 36.0 cm³/mol. The first-order valence-corrected chi connectivity index (χ1v) is 3.40. The highest BCUT2D eigenvalue weighted by Gasteiger charge is 2.25.